The van der Waals surface area contributed by atoms with Gasteiger partial charge < -0.3 is 24.6 Å². The second-order valence-electron chi connectivity index (χ2n) is 8.56. The van der Waals surface area contributed by atoms with Gasteiger partial charge in [-0.3, -0.25) is 4.79 Å². The fourth-order valence-corrected chi connectivity index (χ4v) is 5.35. The number of halogens is 1. The monoisotopic (exact) mass is 541 g/mol. The maximum absolute atomic E-state index is 13.7. The Bertz CT molecular complexity index is 1230. The summed E-state index contributed by atoms with van der Waals surface area (Å²) in [5.74, 6) is -0.208. The molecule has 0 spiro atoms. The number of allylic oxidation sites excluding steroid dienone is 3. The number of carbonyl (C=O) groups excluding carboxylic acids is 2. The molecule has 184 valence electrons. The average Bonchev–Trinajstić information content (AvgIpc) is 2.85. The first kappa shape index (κ1) is 24.9. The van der Waals surface area contributed by atoms with E-state index in [4.69, 9.17) is 14.2 Å². The standard InChI is InChI=1S/C27H28BrNO6/c1-5-35-22-13-17(10-19(28)26(22)31)24-23(27(32)34-4)14(2)29-20-11-16(12-21(30)25(20)24)15-6-8-18(33-3)9-7-15/h6-10,13,16,24,29,31H,5,11-12H2,1-4H3/t16-,24-/m0/s1. The van der Waals surface area contributed by atoms with Crippen LogP contribution < -0.4 is 14.8 Å². The molecule has 0 amide bonds. The van der Waals surface area contributed by atoms with E-state index in [1.807, 2.05) is 38.1 Å². The number of hydrogen-bond donors (Lipinski definition) is 2. The zero-order valence-corrected chi connectivity index (χ0v) is 21.7. The Hall–Kier alpha value is -3.26. The van der Waals surface area contributed by atoms with Gasteiger partial charge in [0.15, 0.2) is 17.3 Å². The summed E-state index contributed by atoms with van der Waals surface area (Å²) in [5.41, 5.74) is 4.03. The summed E-state index contributed by atoms with van der Waals surface area (Å²) in [7, 11) is 2.94. The van der Waals surface area contributed by atoms with Crippen LogP contribution >= 0.6 is 15.9 Å². The van der Waals surface area contributed by atoms with Gasteiger partial charge in [0.1, 0.15) is 5.75 Å². The molecule has 0 radical (unpaired) electrons. The van der Waals surface area contributed by atoms with Gasteiger partial charge in [-0.2, -0.15) is 0 Å². The van der Waals surface area contributed by atoms with Crippen molar-refractivity contribution < 1.29 is 28.9 Å². The summed E-state index contributed by atoms with van der Waals surface area (Å²) in [6, 6.07) is 11.2. The van der Waals surface area contributed by atoms with Crippen molar-refractivity contribution in [2.45, 2.75) is 38.5 Å². The number of hydrogen-bond acceptors (Lipinski definition) is 7. The lowest BCUT2D eigenvalue weighted by molar-refractivity contribution is -0.136. The van der Waals surface area contributed by atoms with Gasteiger partial charge in [0.05, 0.1) is 30.9 Å². The van der Waals surface area contributed by atoms with Gasteiger partial charge >= 0.3 is 5.97 Å². The molecule has 4 rings (SSSR count). The van der Waals surface area contributed by atoms with Crippen LogP contribution in [0.2, 0.25) is 0 Å². The summed E-state index contributed by atoms with van der Waals surface area (Å²) in [6.07, 6.45) is 0.932. The molecule has 0 aromatic heterocycles. The Balaban J connectivity index is 1.82. The van der Waals surface area contributed by atoms with Gasteiger partial charge in [0, 0.05) is 29.3 Å². The minimum absolute atomic E-state index is 0.00155. The number of phenolic OH excluding ortho intramolecular Hbond substituents is 1. The summed E-state index contributed by atoms with van der Waals surface area (Å²) in [6.45, 7) is 3.98. The zero-order valence-electron chi connectivity index (χ0n) is 20.1. The fourth-order valence-electron chi connectivity index (χ4n) is 4.89. The van der Waals surface area contributed by atoms with E-state index in [0.717, 1.165) is 17.0 Å². The van der Waals surface area contributed by atoms with Crippen LogP contribution in [0.25, 0.3) is 0 Å². The molecule has 8 heteroatoms. The van der Waals surface area contributed by atoms with Gasteiger partial charge in [-0.15, -0.1) is 0 Å². The number of benzene rings is 2. The highest BCUT2D eigenvalue weighted by atomic mass is 79.9. The van der Waals surface area contributed by atoms with E-state index in [1.165, 1.54) is 7.11 Å². The normalized spacial score (nSPS) is 19.7. The van der Waals surface area contributed by atoms with Crippen molar-refractivity contribution in [1.29, 1.82) is 0 Å². The largest absolute Gasteiger partial charge is 0.503 e. The van der Waals surface area contributed by atoms with E-state index >= 15 is 0 Å². The SMILES string of the molecule is CCOc1cc([C@H]2C(C(=O)OC)=C(C)NC3=C2C(=O)C[C@@H](c2ccc(OC)cc2)C3)cc(Br)c1O. The Morgan fingerprint density at radius 2 is 1.86 bits per heavy atom. The topological polar surface area (TPSA) is 94.1 Å². The molecule has 0 bridgehead atoms. The number of phenols is 1. The van der Waals surface area contributed by atoms with E-state index in [1.54, 1.807) is 19.2 Å². The van der Waals surface area contributed by atoms with Crippen molar-refractivity contribution in [3.8, 4) is 17.2 Å². The maximum atomic E-state index is 13.7. The summed E-state index contributed by atoms with van der Waals surface area (Å²) in [5, 5.41) is 13.8. The van der Waals surface area contributed by atoms with E-state index in [0.29, 0.717) is 46.3 Å². The molecular weight excluding hydrogens is 514 g/mol. The first-order chi connectivity index (χ1) is 16.8. The van der Waals surface area contributed by atoms with Crippen molar-refractivity contribution in [1.82, 2.24) is 5.32 Å². The Morgan fingerprint density at radius 1 is 1.14 bits per heavy atom. The predicted octanol–water partition coefficient (Wildman–Crippen LogP) is 5.10. The quantitative estimate of drug-likeness (QED) is 0.491. The second-order valence-corrected chi connectivity index (χ2v) is 9.42. The van der Waals surface area contributed by atoms with Crippen molar-refractivity contribution in [2.24, 2.45) is 0 Å². The number of ether oxygens (including phenoxy) is 3. The summed E-state index contributed by atoms with van der Waals surface area (Å²) < 4.78 is 16.4. The molecule has 0 fully saturated rings. The molecule has 1 heterocycles. The van der Waals surface area contributed by atoms with Crippen molar-refractivity contribution in [2.75, 3.05) is 20.8 Å². The molecule has 35 heavy (non-hydrogen) atoms. The van der Waals surface area contributed by atoms with Crippen molar-refractivity contribution in [3.05, 3.63) is 74.5 Å². The Kier molecular flexibility index (Phi) is 7.21. The number of ketones is 1. The third-order valence-electron chi connectivity index (χ3n) is 6.50. The number of nitrogens with one attached hydrogen (secondary N) is 1. The number of aromatic hydroxyl groups is 1. The second kappa shape index (κ2) is 10.2. The van der Waals surface area contributed by atoms with E-state index in [-0.39, 0.29) is 23.2 Å². The van der Waals surface area contributed by atoms with Crippen molar-refractivity contribution >= 4 is 27.7 Å². The first-order valence-corrected chi connectivity index (χ1v) is 12.2. The molecule has 1 aliphatic heterocycles. The number of methoxy groups -OCH3 is 2. The van der Waals surface area contributed by atoms with Crippen LogP contribution in [0.3, 0.4) is 0 Å². The van der Waals surface area contributed by atoms with Crippen LogP contribution in [0.15, 0.2) is 63.4 Å². The smallest absolute Gasteiger partial charge is 0.336 e. The molecule has 7 nitrogen and oxygen atoms in total. The van der Waals surface area contributed by atoms with Gasteiger partial charge in [0.25, 0.3) is 0 Å². The number of Topliss-reactive ketones (excluding diaryl/α,β-unsaturated/α-hetero) is 1. The molecule has 2 N–H and O–H groups in total. The maximum Gasteiger partial charge on any atom is 0.336 e. The highest BCUT2D eigenvalue weighted by Gasteiger charge is 2.41. The molecule has 0 saturated carbocycles. The van der Waals surface area contributed by atoms with Crippen LogP contribution in [-0.2, 0) is 14.3 Å². The fraction of sp³-hybridized carbons (Fsp3) is 0.333. The Labute approximate surface area is 212 Å². The third-order valence-corrected chi connectivity index (χ3v) is 7.11. The van der Waals surface area contributed by atoms with Gasteiger partial charge in [-0.05, 0) is 77.5 Å². The number of carbonyl (C=O) groups is 2. The van der Waals surface area contributed by atoms with Crippen LogP contribution in [0.5, 0.6) is 17.2 Å². The van der Waals surface area contributed by atoms with Crippen LogP contribution in [-0.4, -0.2) is 37.7 Å². The van der Waals surface area contributed by atoms with Crippen molar-refractivity contribution in [3.63, 3.8) is 0 Å². The highest BCUT2D eigenvalue weighted by molar-refractivity contribution is 9.10. The first-order valence-electron chi connectivity index (χ1n) is 11.4. The van der Waals surface area contributed by atoms with Crippen LogP contribution in [0.4, 0.5) is 0 Å². The molecule has 2 atom stereocenters. The predicted molar refractivity (Wildman–Crippen MR) is 135 cm³/mol. The van der Waals surface area contributed by atoms with Crippen LogP contribution in [0, 0.1) is 0 Å². The van der Waals surface area contributed by atoms with Gasteiger partial charge in [0.2, 0.25) is 0 Å². The molecule has 2 aromatic carbocycles. The third kappa shape index (κ3) is 4.67. The minimum Gasteiger partial charge on any atom is -0.503 e. The Morgan fingerprint density at radius 3 is 2.49 bits per heavy atom. The van der Waals surface area contributed by atoms with E-state index < -0.39 is 11.9 Å². The lowest BCUT2D eigenvalue weighted by Crippen LogP contribution is -2.36. The molecular formula is C27H28BrNO6. The highest BCUT2D eigenvalue weighted by Crippen LogP contribution is 2.48. The number of dihydropyridines is 1. The van der Waals surface area contributed by atoms with Crippen LogP contribution in [0.1, 0.15) is 49.7 Å². The number of rotatable bonds is 6. The lowest BCUT2D eigenvalue weighted by Gasteiger charge is -2.36. The molecule has 0 saturated heterocycles. The lowest BCUT2D eigenvalue weighted by atomic mass is 9.71. The summed E-state index contributed by atoms with van der Waals surface area (Å²) in [4.78, 5) is 26.5. The average molecular weight is 542 g/mol. The molecule has 0 unspecified atom stereocenters. The van der Waals surface area contributed by atoms with Gasteiger partial charge in [-0.1, -0.05) is 12.1 Å². The van der Waals surface area contributed by atoms with E-state index in [9.17, 15) is 14.7 Å². The zero-order chi connectivity index (χ0) is 25.3. The minimum atomic E-state index is -0.654. The molecule has 1 aliphatic carbocycles. The van der Waals surface area contributed by atoms with Gasteiger partial charge in [-0.25, -0.2) is 4.79 Å². The van der Waals surface area contributed by atoms with E-state index in [2.05, 4.69) is 21.2 Å². The molecule has 2 aliphatic rings. The molecule has 2 aromatic rings. The summed E-state index contributed by atoms with van der Waals surface area (Å²) >= 11 is 3.39. The number of esters is 1.